The lowest BCUT2D eigenvalue weighted by Gasteiger charge is -2.31. The van der Waals surface area contributed by atoms with Gasteiger partial charge in [-0.1, -0.05) is 36.4 Å². The van der Waals surface area contributed by atoms with E-state index in [-0.39, 0.29) is 37.6 Å². The third kappa shape index (κ3) is 5.08. The van der Waals surface area contributed by atoms with Gasteiger partial charge in [-0.25, -0.2) is 4.68 Å². The van der Waals surface area contributed by atoms with Gasteiger partial charge in [0.2, 0.25) is 0 Å². The lowest BCUT2D eigenvalue weighted by Crippen LogP contribution is -2.40. The van der Waals surface area contributed by atoms with Crippen molar-refractivity contribution in [3.8, 4) is 5.69 Å². The van der Waals surface area contributed by atoms with Crippen molar-refractivity contribution in [2.75, 3.05) is 13.1 Å². The van der Waals surface area contributed by atoms with E-state index in [1.807, 2.05) is 0 Å². The molecule has 184 valence electrons. The van der Waals surface area contributed by atoms with Crippen LogP contribution >= 0.6 is 0 Å². The molecule has 1 saturated heterocycles. The first-order valence-corrected chi connectivity index (χ1v) is 10.7. The van der Waals surface area contributed by atoms with Crippen LogP contribution in [0.3, 0.4) is 0 Å². The van der Waals surface area contributed by atoms with Crippen molar-refractivity contribution in [1.82, 2.24) is 14.7 Å². The summed E-state index contributed by atoms with van der Waals surface area (Å²) >= 11 is 0. The van der Waals surface area contributed by atoms with Crippen LogP contribution in [0.4, 0.5) is 26.3 Å². The number of rotatable bonds is 4. The number of benzene rings is 2. The number of likely N-dealkylation sites (tertiary alicyclic amines) is 1. The van der Waals surface area contributed by atoms with Crippen LogP contribution in [0.15, 0.2) is 60.8 Å². The number of hydrogen-bond donors (Lipinski definition) is 0. The number of Topliss-reactive ketones (excluding diaryl/α,β-unsaturated/α-hetero) is 1. The molecule has 2 heterocycles. The molecule has 11 heteroatoms. The molecule has 5 nitrogen and oxygen atoms in total. The van der Waals surface area contributed by atoms with E-state index < -0.39 is 40.8 Å². The fourth-order valence-corrected chi connectivity index (χ4v) is 4.14. The molecule has 2 aromatic carbocycles. The molecule has 3 aromatic rings. The van der Waals surface area contributed by atoms with Crippen molar-refractivity contribution in [2.45, 2.75) is 25.2 Å². The van der Waals surface area contributed by atoms with E-state index in [0.29, 0.717) is 22.5 Å². The topological polar surface area (TPSA) is 55.2 Å². The molecule has 0 bridgehead atoms. The van der Waals surface area contributed by atoms with Gasteiger partial charge in [0.15, 0.2) is 11.5 Å². The fraction of sp³-hybridized carbons (Fsp3) is 0.292. The predicted molar refractivity (Wildman–Crippen MR) is 113 cm³/mol. The first kappa shape index (κ1) is 24.5. The van der Waals surface area contributed by atoms with Gasteiger partial charge in [0, 0.05) is 24.6 Å². The summed E-state index contributed by atoms with van der Waals surface area (Å²) in [5.74, 6) is -1.40. The number of aromatic nitrogens is 2. The summed E-state index contributed by atoms with van der Waals surface area (Å²) in [6, 6.07) is 11.9. The second kappa shape index (κ2) is 9.20. The number of nitrogens with zero attached hydrogens (tertiary/aromatic N) is 3. The van der Waals surface area contributed by atoms with E-state index in [1.54, 1.807) is 30.3 Å². The molecule has 0 saturated carbocycles. The molecule has 35 heavy (non-hydrogen) atoms. The van der Waals surface area contributed by atoms with E-state index in [1.165, 1.54) is 4.90 Å². The Morgan fingerprint density at radius 1 is 0.857 bits per heavy atom. The quantitative estimate of drug-likeness (QED) is 0.348. The van der Waals surface area contributed by atoms with Gasteiger partial charge in [0.25, 0.3) is 5.91 Å². The Morgan fingerprint density at radius 3 is 2.11 bits per heavy atom. The van der Waals surface area contributed by atoms with E-state index in [2.05, 4.69) is 5.10 Å². The fourth-order valence-electron chi connectivity index (χ4n) is 4.14. The van der Waals surface area contributed by atoms with Crippen LogP contribution in [0.25, 0.3) is 5.69 Å². The maximum atomic E-state index is 13.9. The van der Waals surface area contributed by atoms with Crippen LogP contribution < -0.4 is 0 Å². The summed E-state index contributed by atoms with van der Waals surface area (Å²) in [5.41, 5.74) is -3.30. The molecule has 1 aliphatic rings. The Kier molecular flexibility index (Phi) is 6.44. The third-order valence-corrected chi connectivity index (χ3v) is 5.90. The minimum Gasteiger partial charge on any atom is -0.338 e. The summed E-state index contributed by atoms with van der Waals surface area (Å²) in [6.07, 6.45) is -8.54. The molecule has 0 N–H and O–H groups in total. The number of piperidine rings is 1. The Labute approximate surface area is 196 Å². The van der Waals surface area contributed by atoms with Crippen molar-refractivity contribution >= 4 is 11.7 Å². The lowest BCUT2D eigenvalue weighted by atomic mass is 9.88. The Bertz CT molecular complexity index is 1230. The number of amides is 1. The number of ketones is 1. The van der Waals surface area contributed by atoms with Crippen molar-refractivity contribution < 1.29 is 35.9 Å². The highest BCUT2D eigenvalue weighted by molar-refractivity contribution is 5.98. The molecular formula is C24H19F6N3O2. The highest BCUT2D eigenvalue weighted by Gasteiger charge is 2.42. The number of hydrogen-bond acceptors (Lipinski definition) is 3. The molecule has 1 fully saturated rings. The normalized spacial score (nSPS) is 15.3. The molecular weight excluding hydrogens is 476 g/mol. The first-order chi connectivity index (χ1) is 16.5. The molecule has 1 aromatic heterocycles. The van der Waals surface area contributed by atoms with E-state index in [4.69, 9.17) is 0 Å². The van der Waals surface area contributed by atoms with Gasteiger partial charge < -0.3 is 4.90 Å². The van der Waals surface area contributed by atoms with Crippen LogP contribution in [-0.4, -0.2) is 39.5 Å². The molecule has 0 unspecified atom stereocenters. The van der Waals surface area contributed by atoms with Gasteiger partial charge in [0.05, 0.1) is 23.0 Å². The summed E-state index contributed by atoms with van der Waals surface area (Å²) in [5, 5.41) is 3.60. The molecule has 0 radical (unpaired) electrons. The van der Waals surface area contributed by atoms with Crippen LogP contribution in [0.1, 0.15) is 44.8 Å². The highest BCUT2D eigenvalue weighted by Crippen LogP contribution is 2.36. The van der Waals surface area contributed by atoms with E-state index in [0.717, 1.165) is 18.2 Å². The summed E-state index contributed by atoms with van der Waals surface area (Å²) < 4.78 is 81.3. The van der Waals surface area contributed by atoms with Crippen molar-refractivity contribution in [2.24, 2.45) is 5.92 Å². The predicted octanol–water partition coefficient (Wildman–Crippen LogP) is 5.65. The lowest BCUT2D eigenvalue weighted by molar-refractivity contribution is -0.143. The van der Waals surface area contributed by atoms with Gasteiger partial charge in [-0.05, 0) is 31.0 Å². The van der Waals surface area contributed by atoms with Gasteiger partial charge in [0.1, 0.15) is 0 Å². The zero-order valence-electron chi connectivity index (χ0n) is 18.1. The highest BCUT2D eigenvalue weighted by atomic mass is 19.4. The van der Waals surface area contributed by atoms with Gasteiger partial charge >= 0.3 is 12.4 Å². The van der Waals surface area contributed by atoms with Gasteiger partial charge in [-0.3, -0.25) is 9.59 Å². The first-order valence-electron chi connectivity index (χ1n) is 10.7. The summed E-state index contributed by atoms with van der Waals surface area (Å²) in [6.45, 7) is 0.127. The average molecular weight is 495 g/mol. The molecule has 0 aliphatic carbocycles. The Hall–Kier alpha value is -3.63. The Morgan fingerprint density at radius 2 is 1.51 bits per heavy atom. The van der Waals surface area contributed by atoms with Crippen LogP contribution in [0.5, 0.6) is 0 Å². The molecule has 1 aliphatic heterocycles. The zero-order chi connectivity index (χ0) is 25.4. The van der Waals surface area contributed by atoms with Crippen molar-refractivity contribution in [3.63, 3.8) is 0 Å². The van der Waals surface area contributed by atoms with Gasteiger partial charge in [-0.15, -0.1) is 0 Å². The van der Waals surface area contributed by atoms with Crippen LogP contribution in [0.2, 0.25) is 0 Å². The third-order valence-electron chi connectivity index (χ3n) is 5.90. The van der Waals surface area contributed by atoms with Crippen LogP contribution in [-0.2, 0) is 12.4 Å². The maximum absolute atomic E-state index is 13.9. The summed E-state index contributed by atoms with van der Waals surface area (Å²) in [7, 11) is 0. The summed E-state index contributed by atoms with van der Waals surface area (Å²) in [4.78, 5) is 26.8. The number of carbonyl (C=O) groups excluding carboxylic acids is 2. The van der Waals surface area contributed by atoms with E-state index in [9.17, 15) is 35.9 Å². The molecule has 0 spiro atoms. The molecule has 4 rings (SSSR count). The van der Waals surface area contributed by atoms with Crippen molar-refractivity contribution in [3.05, 3.63) is 83.2 Å². The number of carbonyl (C=O) groups is 2. The standard InChI is InChI=1S/C24H19F6N3O2/c25-23(26,27)17-7-4-8-18(13-17)33-21(24(28,29)30)19(14-31-33)22(35)32-11-9-16(10-12-32)20(34)15-5-2-1-3-6-15/h1-8,13-14,16H,9-12H2. The SMILES string of the molecule is O=C(c1ccccc1)C1CCN(C(=O)c2cnn(-c3cccc(C(F)(F)F)c3)c2C(F)(F)F)CC1. The van der Waals surface area contributed by atoms with Gasteiger partial charge in [-0.2, -0.15) is 31.4 Å². The van der Waals surface area contributed by atoms with Crippen molar-refractivity contribution in [1.29, 1.82) is 0 Å². The monoisotopic (exact) mass is 495 g/mol. The molecule has 0 atom stereocenters. The van der Waals surface area contributed by atoms with E-state index >= 15 is 0 Å². The number of halogens is 6. The number of alkyl halides is 6. The Balaban J connectivity index is 1.58. The second-order valence-corrected chi connectivity index (χ2v) is 8.16. The zero-order valence-corrected chi connectivity index (χ0v) is 18.1. The minimum atomic E-state index is -5.06. The largest absolute Gasteiger partial charge is 0.434 e. The maximum Gasteiger partial charge on any atom is 0.434 e. The smallest absolute Gasteiger partial charge is 0.338 e. The second-order valence-electron chi connectivity index (χ2n) is 8.16. The minimum absolute atomic E-state index is 0.0636. The average Bonchev–Trinajstić information content (AvgIpc) is 3.29. The van der Waals surface area contributed by atoms with Crippen LogP contribution in [0, 0.1) is 5.92 Å². The molecule has 1 amide bonds.